The first-order valence-corrected chi connectivity index (χ1v) is 10.3. The maximum Gasteiger partial charge on any atom is 0.227 e. The molecule has 1 aromatic carbocycles. The summed E-state index contributed by atoms with van der Waals surface area (Å²) in [6.07, 6.45) is 0.936. The van der Waals surface area contributed by atoms with Crippen molar-refractivity contribution in [2.24, 2.45) is 0 Å². The Morgan fingerprint density at radius 3 is 2.41 bits per heavy atom. The zero-order chi connectivity index (χ0) is 20.4. The van der Waals surface area contributed by atoms with Crippen LogP contribution in [0.25, 0.3) is 0 Å². The zero-order valence-electron chi connectivity index (χ0n) is 17.6. The molecule has 2 aromatic rings. The van der Waals surface area contributed by atoms with Gasteiger partial charge in [0.2, 0.25) is 11.9 Å². The third-order valence-electron chi connectivity index (χ3n) is 5.78. The van der Waals surface area contributed by atoms with E-state index < -0.39 is 0 Å². The normalized spacial score (nSPS) is 17.2. The molecule has 2 aliphatic heterocycles. The minimum atomic E-state index is 0.150. The van der Waals surface area contributed by atoms with E-state index in [-0.39, 0.29) is 5.91 Å². The SMILES string of the molecule is CC(=O)N1CCN(c2nc(N(C)C)nc3c2CN(Cc2ccccc2)CC3)CC1. The van der Waals surface area contributed by atoms with Crippen molar-refractivity contribution in [3.63, 3.8) is 0 Å². The first kappa shape index (κ1) is 19.6. The topological polar surface area (TPSA) is 55.8 Å². The van der Waals surface area contributed by atoms with Crippen molar-refractivity contribution < 1.29 is 4.79 Å². The fourth-order valence-corrected chi connectivity index (χ4v) is 4.11. The predicted molar refractivity (Wildman–Crippen MR) is 115 cm³/mol. The van der Waals surface area contributed by atoms with Gasteiger partial charge in [0.15, 0.2) is 0 Å². The quantitative estimate of drug-likeness (QED) is 0.788. The third kappa shape index (κ3) is 4.34. The molecule has 7 nitrogen and oxygen atoms in total. The van der Waals surface area contributed by atoms with Crippen molar-refractivity contribution in [1.29, 1.82) is 0 Å². The molecule has 4 rings (SSSR count). The van der Waals surface area contributed by atoms with Crippen molar-refractivity contribution in [3.05, 3.63) is 47.2 Å². The standard InChI is InChI=1S/C22H30N6O/c1-17(29)27-11-13-28(14-12-27)21-19-16-26(15-18-7-5-4-6-8-18)10-9-20(19)23-22(24-21)25(2)3/h4-8H,9-16H2,1-3H3. The second-order valence-electron chi connectivity index (χ2n) is 8.11. The van der Waals surface area contributed by atoms with Crippen molar-refractivity contribution in [3.8, 4) is 0 Å². The summed E-state index contributed by atoms with van der Waals surface area (Å²) in [6, 6.07) is 10.6. The fourth-order valence-electron chi connectivity index (χ4n) is 4.11. The van der Waals surface area contributed by atoms with Crippen LogP contribution in [-0.2, 0) is 24.3 Å². The molecule has 1 fully saturated rings. The number of hydrogen-bond acceptors (Lipinski definition) is 6. The summed E-state index contributed by atoms with van der Waals surface area (Å²) in [7, 11) is 3.98. The number of carbonyl (C=O) groups excluding carboxylic acids is 1. The van der Waals surface area contributed by atoms with Gasteiger partial charge in [-0.25, -0.2) is 4.98 Å². The van der Waals surface area contributed by atoms with Crippen LogP contribution in [0.3, 0.4) is 0 Å². The van der Waals surface area contributed by atoms with Crippen molar-refractivity contribution in [1.82, 2.24) is 19.8 Å². The fraction of sp³-hybridized carbons (Fsp3) is 0.500. The molecule has 2 aliphatic rings. The Kier molecular flexibility index (Phi) is 5.67. The van der Waals surface area contributed by atoms with E-state index in [0.717, 1.165) is 69.7 Å². The van der Waals surface area contributed by atoms with E-state index in [2.05, 4.69) is 40.1 Å². The van der Waals surface area contributed by atoms with Gasteiger partial charge < -0.3 is 14.7 Å². The van der Waals surface area contributed by atoms with E-state index >= 15 is 0 Å². The van der Waals surface area contributed by atoms with Gasteiger partial charge in [-0.1, -0.05) is 30.3 Å². The maximum atomic E-state index is 11.7. The summed E-state index contributed by atoms with van der Waals surface area (Å²) < 4.78 is 0. The monoisotopic (exact) mass is 394 g/mol. The third-order valence-corrected chi connectivity index (χ3v) is 5.78. The number of amides is 1. The van der Waals surface area contributed by atoms with Gasteiger partial charge in [-0.3, -0.25) is 9.69 Å². The summed E-state index contributed by atoms with van der Waals surface area (Å²) in [4.78, 5) is 30.2. The zero-order valence-corrected chi connectivity index (χ0v) is 17.6. The molecule has 0 spiro atoms. The molecule has 3 heterocycles. The molecule has 1 amide bonds. The van der Waals surface area contributed by atoms with Gasteiger partial charge in [0.25, 0.3) is 0 Å². The maximum absolute atomic E-state index is 11.7. The van der Waals surface area contributed by atoms with Crippen LogP contribution in [0.1, 0.15) is 23.7 Å². The van der Waals surface area contributed by atoms with E-state index in [1.807, 2.05) is 23.9 Å². The second kappa shape index (κ2) is 8.37. The van der Waals surface area contributed by atoms with Crippen molar-refractivity contribution in [2.75, 3.05) is 56.6 Å². The summed E-state index contributed by atoms with van der Waals surface area (Å²) >= 11 is 0. The first-order chi connectivity index (χ1) is 14.0. The summed E-state index contributed by atoms with van der Waals surface area (Å²) in [5.74, 6) is 1.96. The lowest BCUT2D eigenvalue weighted by Crippen LogP contribution is -2.49. The number of rotatable bonds is 4. The summed E-state index contributed by atoms with van der Waals surface area (Å²) in [6.45, 7) is 7.58. The Morgan fingerprint density at radius 1 is 1.03 bits per heavy atom. The number of nitrogens with zero attached hydrogens (tertiary/aromatic N) is 6. The highest BCUT2D eigenvalue weighted by molar-refractivity contribution is 5.73. The predicted octanol–water partition coefficient (Wildman–Crippen LogP) is 1.77. The van der Waals surface area contributed by atoms with Crippen LogP contribution in [0.2, 0.25) is 0 Å². The molecule has 0 saturated carbocycles. The van der Waals surface area contributed by atoms with Crippen LogP contribution in [-0.4, -0.2) is 72.5 Å². The number of fused-ring (bicyclic) bond motifs is 1. The largest absolute Gasteiger partial charge is 0.353 e. The van der Waals surface area contributed by atoms with Crippen LogP contribution in [0.5, 0.6) is 0 Å². The van der Waals surface area contributed by atoms with E-state index in [0.29, 0.717) is 0 Å². The van der Waals surface area contributed by atoms with Crippen molar-refractivity contribution >= 4 is 17.7 Å². The van der Waals surface area contributed by atoms with E-state index in [9.17, 15) is 4.79 Å². The Morgan fingerprint density at radius 2 is 1.76 bits per heavy atom. The molecule has 0 atom stereocenters. The van der Waals surface area contributed by atoms with Gasteiger partial charge in [0.1, 0.15) is 5.82 Å². The molecule has 0 bridgehead atoms. The Hall–Kier alpha value is -2.67. The Bertz CT molecular complexity index is 861. The summed E-state index contributed by atoms with van der Waals surface area (Å²) in [5, 5.41) is 0. The molecule has 0 unspecified atom stereocenters. The van der Waals surface area contributed by atoms with Gasteiger partial charge in [-0.15, -0.1) is 0 Å². The summed E-state index contributed by atoms with van der Waals surface area (Å²) in [5.41, 5.74) is 3.74. The number of benzene rings is 1. The lowest BCUT2D eigenvalue weighted by molar-refractivity contribution is -0.129. The number of hydrogen-bond donors (Lipinski definition) is 0. The number of carbonyl (C=O) groups is 1. The van der Waals surface area contributed by atoms with E-state index in [4.69, 9.17) is 9.97 Å². The molecule has 0 aliphatic carbocycles. The average Bonchev–Trinajstić information content (AvgIpc) is 2.73. The molecule has 0 radical (unpaired) electrons. The molecule has 1 aromatic heterocycles. The number of aromatic nitrogens is 2. The first-order valence-electron chi connectivity index (χ1n) is 10.3. The molecule has 7 heteroatoms. The van der Waals surface area contributed by atoms with E-state index in [1.165, 1.54) is 11.1 Å². The Labute approximate surface area is 172 Å². The highest BCUT2D eigenvalue weighted by Gasteiger charge is 2.28. The smallest absolute Gasteiger partial charge is 0.227 e. The van der Waals surface area contributed by atoms with Crippen LogP contribution < -0.4 is 9.80 Å². The Balaban J connectivity index is 1.59. The van der Waals surface area contributed by atoms with E-state index in [1.54, 1.807) is 6.92 Å². The van der Waals surface area contributed by atoms with Crippen molar-refractivity contribution in [2.45, 2.75) is 26.4 Å². The molecular weight excluding hydrogens is 364 g/mol. The average molecular weight is 395 g/mol. The van der Waals surface area contributed by atoms with Gasteiger partial charge in [-0.05, 0) is 5.56 Å². The number of piperazine rings is 1. The highest BCUT2D eigenvalue weighted by Crippen LogP contribution is 2.30. The van der Waals surface area contributed by atoms with Gasteiger partial charge in [0.05, 0.1) is 5.69 Å². The van der Waals surface area contributed by atoms with Gasteiger partial charge in [-0.2, -0.15) is 4.98 Å². The lowest BCUT2D eigenvalue weighted by Gasteiger charge is -2.38. The second-order valence-corrected chi connectivity index (χ2v) is 8.11. The van der Waals surface area contributed by atoms with Crippen LogP contribution in [0.15, 0.2) is 30.3 Å². The molecule has 1 saturated heterocycles. The van der Waals surface area contributed by atoms with Gasteiger partial charge in [0, 0.05) is 78.8 Å². The van der Waals surface area contributed by atoms with Gasteiger partial charge >= 0.3 is 0 Å². The number of anilines is 2. The van der Waals surface area contributed by atoms with Crippen LogP contribution >= 0.6 is 0 Å². The molecule has 154 valence electrons. The minimum Gasteiger partial charge on any atom is -0.353 e. The molecule has 29 heavy (non-hydrogen) atoms. The highest BCUT2D eigenvalue weighted by atomic mass is 16.2. The molecular formula is C22H30N6O. The minimum absolute atomic E-state index is 0.150. The van der Waals surface area contributed by atoms with Crippen LogP contribution in [0, 0.1) is 0 Å². The van der Waals surface area contributed by atoms with Crippen LogP contribution in [0.4, 0.5) is 11.8 Å². The lowest BCUT2D eigenvalue weighted by atomic mass is 10.0. The molecule has 0 N–H and O–H groups in total.